The second-order valence-corrected chi connectivity index (χ2v) is 2.50. The molecule has 0 rings (SSSR count). The molecule has 92 valence electrons. The van der Waals surface area contributed by atoms with Crippen LogP contribution in [0.5, 0.6) is 0 Å². The van der Waals surface area contributed by atoms with Crippen LogP contribution in [0.1, 0.15) is 20.8 Å². The zero-order chi connectivity index (χ0) is 12.7. The molecule has 0 amide bonds. The van der Waals surface area contributed by atoms with Crippen molar-refractivity contribution < 1.29 is 19.8 Å². The van der Waals surface area contributed by atoms with Crippen molar-refractivity contribution >= 4 is 11.9 Å². The van der Waals surface area contributed by atoms with Gasteiger partial charge in [0.05, 0.1) is 0 Å². The van der Waals surface area contributed by atoms with Crippen LogP contribution in [-0.4, -0.2) is 48.8 Å². The molecule has 0 unspecified atom stereocenters. The highest BCUT2D eigenvalue weighted by Crippen LogP contribution is 1.52. The molecule has 0 heterocycles. The molecule has 6 heteroatoms. The van der Waals surface area contributed by atoms with E-state index in [1.165, 1.54) is 0 Å². The van der Waals surface area contributed by atoms with Gasteiger partial charge in [-0.3, -0.25) is 9.59 Å². The van der Waals surface area contributed by atoms with Crippen LogP contribution in [-0.2, 0) is 9.59 Å². The third kappa shape index (κ3) is 185. The zero-order valence-electron chi connectivity index (χ0n) is 9.83. The summed E-state index contributed by atoms with van der Waals surface area (Å²) in [7, 11) is 1.96. The summed E-state index contributed by atoms with van der Waals surface area (Å²) in [6.07, 6.45) is 0. The van der Waals surface area contributed by atoms with Gasteiger partial charge in [-0.05, 0) is 13.6 Å². The SMILES string of the molecule is CC(=O)O.CC(=O)O.CCNCCNC. The van der Waals surface area contributed by atoms with Gasteiger partial charge in [0.2, 0.25) is 0 Å². The standard InChI is InChI=1S/C5H14N2.2C2H4O2/c1-3-7-5-4-6-2;2*1-2(3)4/h6-7H,3-5H2,1-2H3;2*1H3,(H,3,4). The molecule has 0 aromatic carbocycles. The lowest BCUT2D eigenvalue weighted by Crippen LogP contribution is -2.24. The summed E-state index contributed by atoms with van der Waals surface area (Å²) in [6.45, 7) is 7.48. The van der Waals surface area contributed by atoms with E-state index in [9.17, 15) is 0 Å². The van der Waals surface area contributed by atoms with Crippen LogP contribution in [0.2, 0.25) is 0 Å². The number of nitrogens with one attached hydrogen (secondary N) is 2. The summed E-state index contributed by atoms with van der Waals surface area (Å²) in [5.74, 6) is -1.67. The average molecular weight is 222 g/mol. The molecule has 0 saturated carbocycles. The normalized spacial score (nSPS) is 7.73. The molecular formula is C9H22N2O4. The van der Waals surface area contributed by atoms with E-state index < -0.39 is 11.9 Å². The Hall–Kier alpha value is -1.14. The molecule has 0 aliphatic rings. The summed E-state index contributed by atoms with van der Waals surface area (Å²) in [6, 6.07) is 0. The summed E-state index contributed by atoms with van der Waals surface area (Å²) in [5, 5.41) is 21.1. The lowest BCUT2D eigenvalue weighted by atomic mass is 10.6. The largest absolute Gasteiger partial charge is 0.481 e. The highest BCUT2D eigenvalue weighted by molar-refractivity contribution is 5.63. The van der Waals surface area contributed by atoms with E-state index in [-0.39, 0.29) is 0 Å². The molecule has 0 aromatic heterocycles. The zero-order valence-corrected chi connectivity index (χ0v) is 9.83. The monoisotopic (exact) mass is 222 g/mol. The second kappa shape index (κ2) is 18.6. The second-order valence-electron chi connectivity index (χ2n) is 2.50. The van der Waals surface area contributed by atoms with E-state index in [1.807, 2.05) is 7.05 Å². The van der Waals surface area contributed by atoms with E-state index in [0.717, 1.165) is 33.5 Å². The lowest BCUT2D eigenvalue weighted by Gasteiger charge is -1.96. The number of carboxylic acids is 2. The number of hydrogen-bond donors (Lipinski definition) is 4. The first-order valence-corrected chi connectivity index (χ1v) is 4.62. The van der Waals surface area contributed by atoms with Crippen LogP contribution < -0.4 is 10.6 Å². The maximum atomic E-state index is 9.00. The minimum atomic E-state index is -0.833. The van der Waals surface area contributed by atoms with E-state index in [0.29, 0.717) is 0 Å². The number of aliphatic carboxylic acids is 2. The van der Waals surface area contributed by atoms with Gasteiger partial charge in [-0.15, -0.1) is 0 Å². The lowest BCUT2D eigenvalue weighted by molar-refractivity contribution is -0.135. The van der Waals surface area contributed by atoms with E-state index in [4.69, 9.17) is 19.8 Å². The van der Waals surface area contributed by atoms with Gasteiger partial charge >= 0.3 is 0 Å². The number of hydrogen-bond acceptors (Lipinski definition) is 4. The summed E-state index contributed by atoms with van der Waals surface area (Å²) < 4.78 is 0. The van der Waals surface area contributed by atoms with Gasteiger partial charge in [0.25, 0.3) is 11.9 Å². The van der Waals surface area contributed by atoms with Crippen LogP contribution in [0.15, 0.2) is 0 Å². The van der Waals surface area contributed by atoms with Crippen molar-refractivity contribution in [2.24, 2.45) is 0 Å². The number of rotatable bonds is 4. The fourth-order valence-electron chi connectivity index (χ4n) is 0.390. The van der Waals surface area contributed by atoms with Gasteiger partial charge in [-0.1, -0.05) is 6.92 Å². The smallest absolute Gasteiger partial charge is 0.300 e. The Balaban J connectivity index is -0.000000155. The fraction of sp³-hybridized carbons (Fsp3) is 0.778. The van der Waals surface area contributed by atoms with Crippen molar-refractivity contribution in [1.29, 1.82) is 0 Å². The van der Waals surface area contributed by atoms with Crippen molar-refractivity contribution in [2.75, 3.05) is 26.7 Å². The van der Waals surface area contributed by atoms with E-state index >= 15 is 0 Å². The molecule has 0 aromatic rings. The molecular weight excluding hydrogens is 200 g/mol. The number of carbonyl (C=O) groups is 2. The fourth-order valence-corrected chi connectivity index (χ4v) is 0.390. The predicted molar refractivity (Wildman–Crippen MR) is 59.1 cm³/mol. The Morgan fingerprint density at radius 2 is 1.40 bits per heavy atom. The van der Waals surface area contributed by atoms with E-state index in [2.05, 4.69) is 17.6 Å². The average Bonchev–Trinajstić information content (AvgIpc) is 2.03. The van der Waals surface area contributed by atoms with Crippen LogP contribution in [0.4, 0.5) is 0 Å². The van der Waals surface area contributed by atoms with Crippen molar-refractivity contribution in [1.82, 2.24) is 10.6 Å². The van der Waals surface area contributed by atoms with Crippen molar-refractivity contribution in [3.8, 4) is 0 Å². The van der Waals surface area contributed by atoms with Gasteiger partial charge in [-0.2, -0.15) is 0 Å². The van der Waals surface area contributed by atoms with Crippen molar-refractivity contribution in [3.63, 3.8) is 0 Å². The number of carboxylic acid groups (broad SMARTS) is 2. The first-order valence-electron chi connectivity index (χ1n) is 4.62. The maximum absolute atomic E-state index is 9.00. The first-order chi connectivity index (χ1) is 6.88. The Morgan fingerprint density at radius 3 is 1.60 bits per heavy atom. The highest BCUT2D eigenvalue weighted by Gasteiger charge is 1.75. The summed E-state index contributed by atoms with van der Waals surface area (Å²) in [5.41, 5.74) is 0. The highest BCUT2D eigenvalue weighted by atomic mass is 16.4. The van der Waals surface area contributed by atoms with Crippen LogP contribution in [0.25, 0.3) is 0 Å². The van der Waals surface area contributed by atoms with E-state index in [1.54, 1.807) is 0 Å². The molecule has 0 fully saturated rings. The van der Waals surface area contributed by atoms with Gasteiger partial charge in [0, 0.05) is 26.9 Å². The summed E-state index contributed by atoms with van der Waals surface area (Å²) >= 11 is 0. The van der Waals surface area contributed by atoms with Crippen LogP contribution in [0.3, 0.4) is 0 Å². The Labute approximate surface area is 90.7 Å². The number of likely N-dealkylation sites (N-methyl/N-ethyl adjacent to an activating group) is 2. The summed E-state index contributed by atoms with van der Waals surface area (Å²) in [4.78, 5) is 18.0. The molecule has 0 atom stereocenters. The van der Waals surface area contributed by atoms with Gasteiger partial charge in [0.1, 0.15) is 0 Å². The minimum absolute atomic E-state index is 0.833. The quantitative estimate of drug-likeness (QED) is 0.500. The Bertz CT molecular complexity index is 127. The predicted octanol–water partition coefficient (Wildman–Crippen LogP) is -0.00290. The van der Waals surface area contributed by atoms with Gasteiger partial charge in [-0.25, -0.2) is 0 Å². The van der Waals surface area contributed by atoms with Gasteiger partial charge < -0.3 is 20.8 Å². The first kappa shape index (κ1) is 19.4. The molecule has 0 saturated heterocycles. The topological polar surface area (TPSA) is 98.7 Å². The Kier molecular flexibility index (Phi) is 24.1. The molecule has 0 bridgehead atoms. The molecule has 0 radical (unpaired) electrons. The molecule has 0 aliphatic carbocycles. The third-order valence-corrected chi connectivity index (χ3v) is 0.802. The van der Waals surface area contributed by atoms with Gasteiger partial charge in [0.15, 0.2) is 0 Å². The van der Waals surface area contributed by atoms with Crippen molar-refractivity contribution in [2.45, 2.75) is 20.8 Å². The Morgan fingerprint density at radius 1 is 1.07 bits per heavy atom. The molecule has 4 N–H and O–H groups in total. The minimum Gasteiger partial charge on any atom is -0.481 e. The van der Waals surface area contributed by atoms with Crippen molar-refractivity contribution in [3.05, 3.63) is 0 Å². The maximum Gasteiger partial charge on any atom is 0.300 e. The molecule has 0 spiro atoms. The van der Waals surface area contributed by atoms with Crippen LogP contribution >= 0.6 is 0 Å². The van der Waals surface area contributed by atoms with Crippen LogP contribution in [0, 0.1) is 0 Å². The molecule has 0 aliphatic heterocycles. The molecule has 6 nitrogen and oxygen atoms in total. The third-order valence-electron chi connectivity index (χ3n) is 0.802. The molecule has 15 heavy (non-hydrogen) atoms.